The van der Waals surface area contributed by atoms with Crippen LogP contribution >= 0.6 is 0 Å². The van der Waals surface area contributed by atoms with Gasteiger partial charge in [-0.05, 0) is 30.5 Å². The average molecular weight is 267 g/mol. The minimum atomic E-state index is -3.32. The summed E-state index contributed by atoms with van der Waals surface area (Å²) in [4.78, 5) is 0.386. The largest absolute Gasteiger partial charge is 0.314 e. The summed E-state index contributed by atoms with van der Waals surface area (Å²) in [5.41, 5.74) is 1.13. The second kappa shape index (κ2) is 5.82. The second-order valence-corrected chi connectivity index (χ2v) is 6.34. The average Bonchev–Trinajstić information content (AvgIpc) is 2.41. The van der Waals surface area contributed by atoms with Gasteiger partial charge in [-0.15, -0.1) is 0 Å². The summed E-state index contributed by atoms with van der Waals surface area (Å²) < 4.78 is 26.2. The predicted octanol–water partition coefficient (Wildman–Crippen LogP) is 1.05. The van der Waals surface area contributed by atoms with E-state index in [1.54, 1.807) is 16.4 Å². The van der Waals surface area contributed by atoms with Crippen LogP contribution in [0.3, 0.4) is 0 Å². The van der Waals surface area contributed by atoms with Gasteiger partial charge in [-0.1, -0.05) is 19.1 Å². The van der Waals surface area contributed by atoms with E-state index >= 15 is 0 Å². The van der Waals surface area contributed by atoms with E-state index in [1.807, 2.05) is 12.1 Å². The molecule has 1 aromatic rings. The Morgan fingerprint density at radius 1 is 1.17 bits per heavy atom. The molecule has 1 aromatic carbocycles. The van der Waals surface area contributed by atoms with Crippen LogP contribution in [-0.2, 0) is 16.4 Å². The highest BCUT2D eigenvalue weighted by Gasteiger charge is 2.25. The number of piperazine rings is 1. The predicted molar refractivity (Wildman–Crippen MR) is 71.7 cm³/mol. The third-order valence-electron chi connectivity index (χ3n) is 3.10. The maximum absolute atomic E-state index is 12.3. The lowest BCUT2D eigenvalue weighted by Crippen LogP contribution is -2.46. The number of sulfonamides is 1. The Balaban J connectivity index is 2.18. The van der Waals surface area contributed by atoms with Gasteiger partial charge in [0.05, 0.1) is 4.90 Å². The van der Waals surface area contributed by atoms with E-state index in [0.717, 1.165) is 31.5 Å². The molecule has 5 heteroatoms. The highest BCUT2D eigenvalue weighted by atomic mass is 32.2. The van der Waals surface area contributed by atoms with Gasteiger partial charge in [0.15, 0.2) is 0 Å². The normalized spacial score (nSPS) is 17.8. The lowest BCUT2D eigenvalue weighted by molar-refractivity contribution is 0.360. The molecular formula is C13H19N2O2S. The molecule has 1 fully saturated rings. The van der Waals surface area contributed by atoms with Gasteiger partial charge in [-0.3, -0.25) is 0 Å². The Morgan fingerprint density at radius 2 is 1.78 bits per heavy atom. The van der Waals surface area contributed by atoms with Gasteiger partial charge < -0.3 is 5.32 Å². The molecule has 0 saturated carbocycles. The fourth-order valence-electron chi connectivity index (χ4n) is 2.07. The van der Waals surface area contributed by atoms with Crippen molar-refractivity contribution in [3.8, 4) is 0 Å². The van der Waals surface area contributed by atoms with Gasteiger partial charge in [-0.2, -0.15) is 4.31 Å². The smallest absolute Gasteiger partial charge is 0.243 e. The molecule has 4 nitrogen and oxygen atoms in total. The van der Waals surface area contributed by atoms with Crippen molar-refractivity contribution in [2.75, 3.05) is 26.2 Å². The summed E-state index contributed by atoms with van der Waals surface area (Å²) >= 11 is 0. The summed E-state index contributed by atoms with van der Waals surface area (Å²) in [6.07, 6.45) is 1.71. The van der Waals surface area contributed by atoms with Gasteiger partial charge in [-0.25, -0.2) is 8.42 Å². The van der Waals surface area contributed by atoms with E-state index in [2.05, 4.69) is 12.2 Å². The van der Waals surface area contributed by atoms with Crippen LogP contribution in [0, 0.1) is 6.92 Å². The molecule has 1 N–H and O–H groups in total. The molecule has 99 valence electrons. The lowest BCUT2D eigenvalue weighted by atomic mass is 10.1. The molecule has 0 spiro atoms. The second-order valence-electron chi connectivity index (χ2n) is 4.40. The summed E-state index contributed by atoms with van der Waals surface area (Å²) in [7, 11) is -3.32. The Labute approximate surface area is 109 Å². The fraction of sp³-hybridized carbons (Fsp3) is 0.462. The molecule has 1 saturated heterocycles. The van der Waals surface area contributed by atoms with Gasteiger partial charge in [0.25, 0.3) is 0 Å². The van der Waals surface area contributed by atoms with Crippen LogP contribution < -0.4 is 5.32 Å². The molecule has 0 amide bonds. The van der Waals surface area contributed by atoms with Crippen molar-refractivity contribution in [3.05, 3.63) is 36.8 Å². The number of nitrogens with one attached hydrogen (secondary N) is 1. The van der Waals surface area contributed by atoms with Crippen molar-refractivity contribution >= 4 is 10.0 Å². The molecule has 1 aliphatic rings. The van der Waals surface area contributed by atoms with Crippen LogP contribution in [0.5, 0.6) is 0 Å². The zero-order valence-corrected chi connectivity index (χ0v) is 11.2. The fourth-order valence-corrected chi connectivity index (χ4v) is 3.51. The van der Waals surface area contributed by atoms with Crippen molar-refractivity contribution in [1.82, 2.24) is 9.62 Å². The number of hydrogen-bond donors (Lipinski definition) is 1. The molecular weight excluding hydrogens is 248 g/mol. The Hall–Kier alpha value is -0.910. The lowest BCUT2D eigenvalue weighted by Gasteiger charge is -2.26. The molecule has 0 bridgehead atoms. The first-order valence-electron chi connectivity index (χ1n) is 6.23. The number of nitrogens with zero attached hydrogens (tertiary/aromatic N) is 1. The van der Waals surface area contributed by atoms with E-state index in [9.17, 15) is 8.42 Å². The molecule has 0 aliphatic carbocycles. The number of aryl methyl sites for hydroxylation is 1. The topological polar surface area (TPSA) is 49.4 Å². The van der Waals surface area contributed by atoms with Gasteiger partial charge in [0.1, 0.15) is 0 Å². The summed E-state index contributed by atoms with van der Waals surface area (Å²) in [5.74, 6) is 0. The SMILES string of the molecule is [CH2]CCc1ccc(S(=O)(=O)N2CCNCC2)cc1. The van der Waals surface area contributed by atoms with Crippen molar-refractivity contribution in [2.45, 2.75) is 17.7 Å². The molecule has 18 heavy (non-hydrogen) atoms. The molecule has 0 atom stereocenters. The summed E-state index contributed by atoms with van der Waals surface area (Å²) in [6, 6.07) is 7.14. The van der Waals surface area contributed by atoms with Crippen LogP contribution in [-0.4, -0.2) is 38.9 Å². The summed E-state index contributed by atoms with van der Waals surface area (Å²) in [5, 5.41) is 3.15. The highest BCUT2D eigenvalue weighted by molar-refractivity contribution is 7.89. The van der Waals surface area contributed by atoms with E-state index in [4.69, 9.17) is 0 Å². The van der Waals surface area contributed by atoms with Crippen LogP contribution in [0.4, 0.5) is 0 Å². The van der Waals surface area contributed by atoms with E-state index in [0.29, 0.717) is 18.0 Å². The van der Waals surface area contributed by atoms with Gasteiger partial charge in [0, 0.05) is 26.2 Å². The molecule has 1 aliphatic heterocycles. The zero-order valence-electron chi connectivity index (χ0n) is 10.4. The van der Waals surface area contributed by atoms with Crippen LogP contribution in [0.25, 0.3) is 0 Å². The number of hydrogen-bond acceptors (Lipinski definition) is 3. The Bertz CT molecular complexity index is 476. The maximum atomic E-state index is 12.3. The van der Waals surface area contributed by atoms with Crippen LogP contribution in [0.1, 0.15) is 12.0 Å². The minimum Gasteiger partial charge on any atom is -0.314 e. The molecule has 0 aromatic heterocycles. The third-order valence-corrected chi connectivity index (χ3v) is 5.02. The highest BCUT2D eigenvalue weighted by Crippen LogP contribution is 2.17. The van der Waals surface area contributed by atoms with Crippen molar-refractivity contribution in [1.29, 1.82) is 0 Å². The standard InChI is InChI=1S/C13H19N2O2S/c1-2-3-12-4-6-13(7-5-12)18(16,17)15-10-8-14-9-11-15/h4-7,14H,1-3,8-11H2. The first-order chi connectivity index (χ1) is 8.64. The minimum absolute atomic E-state index is 0.386. The third kappa shape index (κ3) is 2.91. The maximum Gasteiger partial charge on any atom is 0.243 e. The van der Waals surface area contributed by atoms with E-state index < -0.39 is 10.0 Å². The first kappa shape index (κ1) is 13.5. The van der Waals surface area contributed by atoms with Crippen molar-refractivity contribution in [2.24, 2.45) is 0 Å². The summed E-state index contributed by atoms with van der Waals surface area (Å²) in [6.45, 7) is 6.32. The van der Waals surface area contributed by atoms with Crippen LogP contribution in [0.15, 0.2) is 29.2 Å². The van der Waals surface area contributed by atoms with E-state index in [-0.39, 0.29) is 0 Å². The first-order valence-corrected chi connectivity index (χ1v) is 7.67. The van der Waals surface area contributed by atoms with Crippen LogP contribution in [0.2, 0.25) is 0 Å². The van der Waals surface area contributed by atoms with Gasteiger partial charge >= 0.3 is 0 Å². The molecule has 2 rings (SSSR count). The van der Waals surface area contributed by atoms with Crippen molar-refractivity contribution in [3.63, 3.8) is 0 Å². The monoisotopic (exact) mass is 267 g/mol. The Kier molecular flexibility index (Phi) is 4.37. The van der Waals surface area contributed by atoms with Crippen molar-refractivity contribution < 1.29 is 8.42 Å². The molecule has 0 unspecified atom stereocenters. The number of rotatable bonds is 4. The molecule has 1 heterocycles. The van der Waals surface area contributed by atoms with Gasteiger partial charge in [0.2, 0.25) is 10.0 Å². The van der Waals surface area contributed by atoms with E-state index in [1.165, 1.54) is 0 Å². The molecule has 1 radical (unpaired) electrons. The zero-order chi connectivity index (χ0) is 13.0. The Morgan fingerprint density at radius 3 is 2.33 bits per heavy atom. The quantitative estimate of drug-likeness (QED) is 0.887. The number of benzene rings is 1.